The summed E-state index contributed by atoms with van der Waals surface area (Å²) in [7, 11) is 0. The maximum absolute atomic E-state index is 13.5. The summed E-state index contributed by atoms with van der Waals surface area (Å²) in [5.41, 5.74) is 4.54. The van der Waals surface area contributed by atoms with E-state index in [2.05, 4.69) is 9.80 Å². The quantitative estimate of drug-likeness (QED) is 0.0915. The van der Waals surface area contributed by atoms with Gasteiger partial charge in [-0.1, -0.05) is 24.3 Å². The lowest BCUT2D eigenvalue weighted by Crippen LogP contribution is -2.41. The molecule has 4 aromatic carbocycles. The second kappa shape index (κ2) is 16.9. The van der Waals surface area contributed by atoms with Gasteiger partial charge in [0, 0.05) is 108 Å². The van der Waals surface area contributed by atoms with Crippen molar-refractivity contribution < 1.29 is 33.4 Å². The van der Waals surface area contributed by atoms with Gasteiger partial charge in [0.15, 0.2) is 0 Å². The first-order valence-corrected chi connectivity index (χ1v) is 20.1. The van der Waals surface area contributed by atoms with E-state index < -0.39 is 0 Å². The summed E-state index contributed by atoms with van der Waals surface area (Å²) in [6.07, 6.45) is 8.14. The highest BCUT2D eigenvalue weighted by molar-refractivity contribution is 6.28. The summed E-state index contributed by atoms with van der Waals surface area (Å²) in [6.45, 7) is 6.88. The average molecular weight is 747 g/mol. The van der Waals surface area contributed by atoms with Crippen LogP contribution >= 0.6 is 0 Å². The normalized spacial score (nSPS) is 17.3. The minimum atomic E-state index is -0.249. The fraction of sp³-hybridized carbons (Fsp3) is 0.455. The minimum Gasteiger partial charge on any atom is -0.379 e. The van der Waals surface area contributed by atoms with Crippen molar-refractivity contribution in [1.82, 2.24) is 9.80 Å². The zero-order valence-corrected chi connectivity index (χ0v) is 31.6. The molecule has 4 aromatic rings. The first-order valence-electron chi connectivity index (χ1n) is 20.1. The van der Waals surface area contributed by atoms with Crippen molar-refractivity contribution in [2.45, 2.75) is 51.4 Å². The Labute approximate surface area is 322 Å². The number of amides is 4. The molecule has 0 aromatic heterocycles. The molecule has 0 spiro atoms. The van der Waals surface area contributed by atoms with Crippen molar-refractivity contribution in [3.05, 3.63) is 82.9 Å². The van der Waals surface area contributed by atoms with Crippen LogP contribution in [0.2, 0.25) is 0 Å². The highest BCUT2D eigenvalue weighted by Crippen LogP contribution is 2.38. The SMILES string of the molecule is O=C1c2cccc3c(N4CCCCC4)ccc(c23)C(=O)N1CCCOCCOCCOCCCN1C(=O)c2cccc3c(N4CCCCC4)ccc(c23)C1=O. The van der Waals surface area contributed by atoms with Gasteiger partial charge >= 0.3 is 0 Å². The van der Waals surface area contributed by atoms with E-state index in [0.717, 1.165) is 84.8 Å². The van der Waals surface area contributed by atoms with Crippen LogP contribution in [0.5, 0.6) is 0 Å². The maximum Gasteiger partial charge on any atom is 0.261 e. The molecule has 288 valence electrons. The van der Waals surface area contributed by atoms with Crippen LogP contribution in [-0.4, -0.2) is 112 Å². The summed E-state index contributed by atoms with van der Waals surface area (Å²) in [6, 6.07) is 19.4. The van der Waals surface area contributed by atoms with Crippen molar-refractivity contribution in [3.8, 4) is 0 Å². The van der Waals surface area contributed by atoms with E-state index in [1.54, 1.807) is 0 Å². The van der Waals surface area contributed by atoms with Crippen LogP contribution in [0.15, 0.2) is 60.7 Å². The number of hydrogen-bond donors (Lipinski definition) is 0. The molecule has 0 unspecified atom stereocenters. The summed E-state index contributed by atoms with van der Waals surface area (Å²) in [5.74, 6) is -0.996. The molecule has 4 aliphatic heterocycles. The van der Waals surface area contributed by atoms with E-state index in [4.69, 9.17) is 14.2 Å². The molecule has 0 radical (unpaired) electrons. The Kier molecular flexibility index (Phi) is 11.4. The number of piperidine rings is 2. The van der Waals surface area contributed by atoms with Crippen molar-refractivity contribution >= 4 is 56.5 Å². The zero-order valence-electron chi connectivity index (χ0n) is 31.6. The van der Waals surface area contributed by atoms with Crippen molar-refractivity contribution in [1.29, 1.82) is 0 Å². The molecule has 55 heavy (non-hydrogen) atoms. The van der Waals surface area contributed by atoms with Crippen LogP contribution in [0, 0.1) is 0 Å². The van der Waals surface area contributed by atoms with Crippen molar-refractivity contribution in [3.63, 3.8) is 0 Å². The van der Waals surface area contributed by atoms with E-state index in [9.17, 15) is 19.2 Å². The Balaban J connectivity index is 0.719. The van der Waals surface area contributed by atoms with Crippen LogP contribution < -0.4 is 9.80 Å². The number of rotatable bonds is 16. The van der Waals surface area contributed by atoms with Gasteiger partial charge < -0.3 is 24.0 Å². The third-order valence-corrected chi connectivity index (χ3v) is 11.4. The Morgan fingerprint density at radius 1 is 0.418 bits per heavy atom. The van der Waals surface area contributed by atoms with Crippen molar-refractivity contribution in [2.24, 2.45) is 0 Å². The molecule has 0 bridgehead atoms. The molecule has 0 N–H and O–H groups in total. The van der Waals surface area contributed by atoms with Gasteiger partial charge in [0.2, 0.25) is 0 Å². The number of carbonyl (C=O) groups excluding carboxylic acids is 4. The minimum absolute atomic E-state index is 0.249. The molecule has 2 saturated heterocycles. The van der Waals surface area contributed by atoms with Gasteiger partial charge in [0.05, 0.1) is 26.4 Å². The molecule has 2 fully saturated rings. The molecule has 8 rings (SSSR count). The largest absolute Gasteiger partial charge is 0.379 e. The van der Waals surface area contributed by atoms with Crippen LogP contribution in [0.1, 0.15) is 92.8 Å². The van der Waals surface area contributed by atoms with Gasteiger partial charge in [-0.05, 0) is 87.8 Å². The number of anilines is 2. The monoisotopic (exact) mass is 746 g/mol. The topological polar surface area (TPSA) is 109 Å². The zero-order chi connectivity index (χ0) is 37.7. The number of imide groups is 2. The molecule has 0 atom stereocenters. The number of ether oxygens (including phenoxy) is 3. The standard InChI is InChI=1S/C44H50N4O7/c49-41-33-13-7-11-31-37(45-19-3-1-4-20-45)17-15-35(39(31)33)43(51)47(41)23-9-25-53-27-29-55-30-28-54-26-10-24-48-42(50)34-14-8-12-32-38(46-21-5-2-6-22-46)18-16-36(40(32)34)44(48)52/h7-8,11-18H,1-6,9-10,19-30H2. The van der Waals surface area contributed by atoms with Gasteiger partial charge in [0.25, 0.3) is 23.6 Å². The van der Waals surface area contributed by atoms with E-state index in [1.807, 2.05) is 60.7 Å². The summed E-state index contributed by atoms with van der Waals surface area (Å²) < 4.78 is 17.1. The number of nitrogens with zero attached hydrogens (tertiary/aromatic N) is 4. The molecule has 11 nitrogen and oxygen atoms in total. The Bertz CT molecular complexity index is 1900. The first-order chi connectivity index (χ1) is 27.0. The van der Waals surface area contributed by atoms with Crippen LogP contribution in [-0.2, 0) is 14.2 Å². The van der Waals surface area contributed by atoms with E-state index in [0.29, 0.717) is 74.7 Å². The third-order valence-electron chi connectivity index (χ3n) is 11.4. The second-order valence-corrected chi connectivity index (χ2v) is 14.9. The molecule has 4 heterocycles. The van der Waals surface area contributed by atoms with Gasteiger partial charge in [-0.15, -0.1) is 0 Å². The lowest BCUT2D eigenvalue weighted by Gasteiger charge is -2.32. The molecular formula is C44H50N4O7. The van der Waals surface area contributed by atoms with E-state index in [-0.39, 0.29) is 36.7 Å². The van der Waals surface area contributed by atoms with Crippen LogP contribution in [0.4, 0.5) is 11.4 Å². The number of benzene rings is 4. The van der Waals surface area contributed by atoms with E-state index in [1.165, 1.54) is 22.6 Å². The smallest absolute Gasteiger partial charge is 0.261 e. The second-order valence-electron chi connectivity index (χ2n) is 14.9. The maximum atomic E-state index is 13.5. The van der Waals surface area contributed by atoms with Crippen molar-refractivity contribution in [2.75, 3.05) is 88.7 Å². The average Bonchev–Trinajstić information content (AvgIpc) is 3.23. The van der Waals surface area contributed by atoms with Gasteiger partial charge in [0.1, 0.15) is 0 Å². The highest BCUT2D eigenvalue weighted by atomic mass is 16.5. The Morgan fingerprint density at radius 3 is 1.18 bits per heavy atom. The molecular weight excluding hydrogens is 697 g/mol. The third kappa shape index (κ3) is 7.45. The number of hydrogen-bond acceptors (Lipinski definition) is 9. The molecule has 0 aliphatic carbocycles. The molecule has 4 aliphatic rings. The fourth-order valence-corrected chi connectivity index (χ4v) is 8.68. The molecule has 0 saturated carbocycles. The Hall–Kier alpha value is -4.84. The predicted octanol–water partition coefficient (Wildman–Crippen LogP) is 6.70. The Morgan fingerprint density at radius 2 is 0.782 bits per heavy atom. The summed E-state index contributed by atoms with van der Waals surface area (Å²) in [4.78, 5) is 61.3. The van der Waals surface area contributed by atoms with Gasteiger partial charge in [-0.2, -0.15) is 0 Å². The van der Waals surface area contributed by atoms with Gasteiger partial charge in [-0.25, -0.2) is 0 Å². The highest BCUT2D eigenvalue weighted by Gasteiger charge is 2.35. The predicted molar refractivity (Wildman–Crippen MR) is 212 cm³/mol. The number of carbonyl (C=O) groups is 4. The molecule has 4 amide bonds. The molecule has 11 heteroatoms. The summed E-state index contributed by atoms with van der Waals surface area (Å²) >= 11 is 0. The lowest BCUT2D eigenvalue weighted by atomic mass is 9.92. The first kappa shape index (κ1) is 37.1. The van der Waals surface area contributed by atoms with Gasteiger partial charge in [-0.3, -0.25) is 29.0 Å². The lowest BCUT2D eigenvalue weighted by molar-refractivity contribution is 0.0118. The fourth-order valence-electron chi connectivity index (χ4n) is 8.68. The van der Waals surface area contributed by atoms with E-state index >= 15 is 0 Å². The van der Waals surface area contributed by atoms with Crippen LogP contribution in [0.3, 0.4) is 0 Å². The van der Waals surface area contributed by atoms with Crippen LogP contribution in [0.25, 0.3) is 21.5 Å². The summed E-state index contributed by atoms with van der Waals surface area (Å²) in [5, 5.41) is 3.49.